The van der Waals surface area contributed by atoms with Crippen molar-refractivity contribution in [3.63, 3.8) is 0 Å². The highest BCUT2D eigenvalue weighted by molar-refractivity contribution is 6.15. The molecule has 0 saturated heterocycles. The van der Waals surface area contributed by atoms with Gasteiger partial charge in [0.1, 0.15) is 16.7 Å². The van der Waals surface area contributed by atoms with Gasteiger partial charge in [0.25, 0.3) is 0 Å². The van der Waals surface area contributed by atoms with Gasteiger partial charge in [-0.3, -0.25) is 4.99 Å². The molecular formula is C61H42N2O2. The zero-order valence-electron chi connectivity index (χ0n) is 35.7. The Kier molecular flexibility index (Phi) is 9.24. The van der Waals surface area contributed by atoms with Crippen LogP contribution in [0.3, 0.4) is 0 Å². The first kappa shape index (κ1) is 38.2. The highest BCUT2D eigenvalue weighted by Crippen LogP contribution is 2.58. The fourth-order valence-corrected chi connectivity index (χ4v) is 10.2. The van der Waals surface area contributed by atoms with Gasteiger partial charge in [-0.05, 0) is 88.9 Å². The maximum Gasteiger partial charge on any atom is 0.159 e. The summed E-state index contributed by atoms with van der Waals surface area (Å²) in [5.74, 6) is 0. The highest BCUT2D eigenvalue weighted by Gasteiger charge is 2.47. The van der Waals surface area contributed by atoms with Crippen LogP contribution >= 0.6 is 0 Å². The van der Waals surface area contributed by atoms with Gasteiger partial charge in [-0.2, -0.15) is 0 Å². The Morgan fingerprint density at radius 2 is 1.11 bits per heavy atom. The summed E-state index contributed by atoms with van der Waals surface area (Å²) in [7, 11) is 0. The Labute approximate surface area is 377 Å². The second kappa shape index (κ2) is 15.7. The number of anilines is 2. The number of allylic oxidation sites excluding steroid dienone is 3. The second-order valence-corrected chi connectivity index (χ2v) is 16.5. The lowest BCUT2D eigenvalue weighted by molar-refractivity contribution is 0.668. The molecule has 0 radical (unpaired) electrons. The molecule has 0 N–H and O–H groups in total. The van der Waals surface area contributed by atoms with Crippen LogP contribution in [0.2, 0.25) is 0 Å². The summed E-state index contributed by atoms with van der Waals surface area (Å²) >= 11 is 0. The molecule has 9 aromatic carbocycles. The third kappa shape index (κ3) is 6.10. The fraction of sp³-hybridized carbons (Fsp3) is 0.0328. The van der Waals surface area contributed by atoms with Gasteiger partial charge < -0.3 is 13.7 Å². The molecule has 0 unspecified atom stereocenters. The van der Waals surface area contributed by atoms with E-state index < -0.39 is 5.41 Å². The Morgan fingerprint density at radius 1 is 0.492 bits per heavy atom. The van der Waals surface area contributed by atoms with Crippen molar-refractivity contribution in [1.82, 2.24) is 0 Å². The van der Waals surface area contributed by atoms with Crippen LogP contribution in [-0.4, -0.2) is 6.21 Å². The van der Waals surface area contributed by atoms with Crippen molar-refractivity contribution >= 4 is 67.2 Å². The molecule has 1 aliphatic carbocycles. The lowest BCUT2D eigenvalue weighted by Crippen LogP contribution is -2.28. The fourth-order valence-electron chi connectivity index (χ4n) is 10.2. The maximum absolute atomic E-state index is 7.38. The maximum atomic E-state index is 7.38. The van der Waals surface area contributed by atoms with Gasteiger partial charge in [-0.15, -0.1) is 0 Å². The average Bonchev–Trinajstić information content (AvgIpc) is 4.04. The lowest BCUT2D eigenvalue weighted by atomic mass is 9.68. The van der Waals surface area contributed by atoms with Crippen molar-refractivity contribution in [2.75, 3.05) is 4.90 Å². The third-order valence-electron chi connectivity index (χ3n) is 13.0. The van der Waals surface area contributed by atoms with Crippen LogP contribution < -0.4 is 4.90 Å². The summed E-state index contributed by atoms with van der Waals surface area (Å²) in [5, 5.41) is 4.34. The van der Waals surface area contributed by atoms with Gasteiger partial charge in [0, 0.05) is 50.3 Å². The number of hydrogen-bond acceptors (Lipinski definition) is 4. The Balaban J connectivity index is 1.07. The second-order valence-electron chi connectivity index (χ2n) is 16.5. The van der Waals surface area contributed by atoms with Crippen molar-refractivity contribution in [3.05, 3.63) is 259 Å². The van der Waals surface area contributed by atoms with Crippen LogP contribution in [0.25, 0.3) is 66.1 Å². The summed E-state index contributed by atoms with van der Waals surface area (Å²) in [6.45, 7) is 2.05. The van der Waals surface area contributed by atoms with Crippen LogP contribution in [0.15, 0.2) is 250 Å². The van der Waals surface area contributed by atoms with Crippen LogP contribution in [0.4, 0.5) is 17.1 Å². The Bertz CT molecular complexity index is 3610. The van der Waals surface area contributed by atoms with Gasteiger partial charge in [0.15, 0.2) is 5.58 Å². The number of furan rings is 2. The molecule has 4 heteroatoms. The largest absolute Gasteiger partial charge is 0.455 e. The van der Waals surface area contributed by atoms with Crippen LogP contribution in [0.5, 0.6) is 0 Å². The van der Waals surface area contributed by atoms with E-state index in [9.17, 15) is 0 Å². The summed E-state index contributed by atoms with van der Waals surface area (Å²) in [4.78, 5) is 7.10. The summed E-state index contributed by atoms with van der Waals surface area (Å²) in [5.41, 5.74) is 15.9. The lowest BCUT2D eigenvalue weighted by Gasteiger charge is -2.33. The van der Waals surface area contributed by atoms with E-state index in [4.69, 9.17) is 13.8 Å². The van der Waals surface area contributed by atoms with Crippen LogP contribution in [0.1, 0.15) is 29.2 Å². The summed E-state index contributed by atoms with van der Waals surface area (Å²) < 4.78 is 13.9. The summed E-state index contributed by atoms with van der Waals surface area (Å²) in [6.07, 6.45) is 8.15. The van der Waals surface area contributed by atoms with Gasteiger partial charge in [-0.1, -0.05) is 182 Å². The smallest absolute Gasteiger partial charge is 0.159 e. The topological polar surface area (TPSA) is 41.9 Å². The number of para-hydroxylation sites is 4. The number of benzene rings is 9. The number of nitrogens with zero attached hydrogens (tertiary/aromatic N) is 2. The first-order valence-corrected chi connectivity index (χ1v) is 22.1. The average molecular weight is 835 g/mol. The molecule has 2 aromatic heterocycles. The third-order valence-corrected chi connectivity index (χ3v) is 13.0. The standard InChI is InChI=1S/C61H42N2O2/c1-2-18-45(39-40-62-44-23-10-5-11-24-44)63(46-35-33-41(34-36-46)47-27-16-28-49-48-25-13-15-32-56(48)64-58(47)49)55-31-17-29-50-51-37-38-54-57(60(51)65-59(50)55)52-26-12-14-30-53(52)61(54,42-19-6-3-7-20-42)43-21-8-4-9-22-43/h2-40H,1H3/b18-2-,45-39+,62-40?. The van der Waals surface area contributed by atoms with E-state index in [2.05, 4.69) is 193 Å². The van der Waals surface area contributed by atoms with E-state index in [1.165, 1.54) is 27.8 Å². The molecule has 4 nitrogen and oxygen atoms in total. The predicted octanol–water partition coefficient (Wildman–Crippen LogP) is 16.5. The van der Waals surface area contributed by atoms with Crippen molar-refractivity contribution in [2.45, 2.75) is 12.3 Å². The first-order chi connectivity index (χ1) is 32.2. The molecule has 65 heavy (non-hydrogen) atoms. The minimum Gasteiger partial charge on any atom is -0.455 e. The highest BCUT2D eigenvalue weighted by atomic mass is 16.3. The molecule has 0 spiro atoms. The zero-order valence-corrected chi connectivity index (χ0v) is 35.7. The van der Waals surface area contributed by atoms with E-state index >= 15 is 0 Å². The Hall–Kier alpha value is -8.47. The van der Waals surface area contributed by atoms with Crippen molar-refractivity contribution in [1.29, 1.82) is 0 Å². The van der Waals surface area contributed by atoms with Crippen molar-refractivity contribution in [3.8, 4) is 22.3 Å². The molecule has 308 valence electrons. The SMILES string of the molecule is C/C=C\C(=C/C=Nc1ccccc1)N(c1ccc(-c2cccc3c2oc2ccccc23)cc1)c1cccc2c1oc1c3c(ccc12)C(c1ccccc1)(c1ccccc1)c1ccccc1-3. The normalized spacial score (nSPS) is 13.4. The molecule has 0 bridgehead atoms. The van der Waals surface area contributed by atoms with Crippen LogP contribution in [-0.2, 0) is 5.41 Å². The molecule has 12 rings (SSSR count). The Morgan fingerprint density at radius 3 is 1.86 bits per heavy atom. The molecule has 0 aliphatic heterocycles. The number of fused-ring (bicyclic) bond motifs is 10. The monoisotopic (exact) mass is 834 g/mol. The zero-order chi connectivity index (χ0) is 43.3. The van der Waals surface area contributed by atoms with Gasteiger partial charge in [0.05, 0.1) is 16.8 Å². The molecule has 0 saturated carbocycles. The molecule has 0 amide bonds. The van der Waals surface area contributed by atoms with E-state index in [1.54, 1.807) is 0 Å². The van der Waals surface area contributed by atoms with Crippen molar-refractivity contribution in [2.24, 2.45) is 4.99 Å². The summed E-state index contributed by atoms with van der Waals surface area (Å²) in [6, 6.07) is 75.2. The number of aliphatic imine (C=N–C) groups is 1. The molecule has 2 heterocycles. The number of rotatable bonds is 9. The number of hydrogen-bond donors (Lipinski definition) is 0. The van der Waals surface area contributed by atoms with Crippen molar-refractivity contribution < 1.29 is 8.83 Å². The minimum absolute atomic E-state index is 0.537. The quantitative estimate of drug-likeness (QED) is 0.107. The van der Waals surface area contributed by atoms with Gasteiger partial charge in [-0.25, -0.2) is 0 Å². The predicted molar refractivity (Wildman–Crippen MR) is 270 cm³/mol. The molecular weight excluding hydrogens is 793 g/mol. The molecule has 11 aromatic rings. The molecule has 0 atom stereocenters. The van der Waals surface area contributed by atoms with Gasteiger partial charge >= 0.3 is 0 Å². The van der Waals surface area contributed by atoms with Gasteiger partial charge in [0.2, 0.25) is 0 Å². The minimum atomic E-state index is -0.537. The molecule has 0 fully saturated rings. The van der Waals surface area contributed by atoms with Crippen LogP contribution in [0, 0.1) is 0 Å². The first-order valence-electron chi connectivity index (χ1n) is 22.1. The molecule has 1 aliphatic rings. The van der Waals surface area contributed by atoms with E-state index in [0.717, 1.165) is 83.3 Å². The van der Waals surface area contributed by atoms with E-state index in [1.807, 2.05) is 55.6 Å². The van der Waals surface area contributed by atoms with E-state index in [-0.39, 0.29) is 0 Å². The van der Waals surface area contributed by atoms with E-state index in [0.29, 0.717) is 0 Å².